The Morgan fingerprint density at radius 1 is 1.14 bits per heavy atom. The summed E-state index contributed by atoms with van der Waals surface area (Å²) in [6.07, 6.45) is 0. The fourth-order valence-electron chi connectivity index (χ4n) is 2.87. The van der Waals surface area contributed by atoms with Gasteiger partial charge in [0.2, 0.25) is 0 Å². The van der Waals surface area contributed by atoms with Gasteiger partial charge >= 0.3 is 0 Å². The molecule has 4 aromatic rings. The molecule has 2 aromatic heterocycles. The van der Waals surface area contributed by atoms with E-state index in [2.05, 4.69) is 15.4 Å². The van der Waals surface area contributed by atoms with Crippen LogP contribution in [0.3, 0.4) is 0 Å². The second-order valence-corrected chi connectivity index (χ2v) is 6.75. The Morgan fingerprint density at radius 3 is 2.69 bits per heavy atom. The van der Waals surface area contributed by atoms with Crippen molar-refractivity contribution < 1.29 is 18.5 Å². The van der Waals surface area contributed by atoms with Crippen LogP contribution in [-0.2, 0) is 6.61 Å². The zero-order valence-corrected chi connectivity index (χ0v) is 16.4. The Labute approximate surface area is 171 Å². The van der Waals surface area contributed by atoms with E-state index in [0.717, 1.165) is 5.56 Å². The van der Waals surface area contributed by atoms with E-state index in [-0.39, 0.29) is 24.2 Å². The van der Waals surface area contributed by atoms with Crippen LogP contribution >= 0.6 is 11.6 Å². The van der Waals surface area contributed by atoms with Crippen LogP contribution in [0.15, 0.2) is 57.5 Å². The summed E-state index contributed by atoms with van der Waals surface area (Å²) < 4.78 is 16.8. The molecule has 0 atom stereocenters. The maximum atomic E-state index is 11.8. The van der Waals surface area contributed by atoms with E-state index in [0.29, 0.717) is 33.4 Å². The molecular weight excluding hydrogens is 394 g/mol. The summed E-state index contributed by atoms with van der Waals surface area (Å²) in [7, 11) is 0. The monoisotopic (exact) mass is 409 g/mol. The summed E-state index contributed by atoms with van der Waals surface area (Å²) in [4.78, 5) is 11.8. The van der Waals surface area contributed by atoms with Gasteiger partial charge in [0.05, 0.1) is 5.56 Å². The van der Waals surface area contributed by atoms with Crippen LogP contribution in [0.4, 0.5) is 0 Å². The van der Waals surface area contributed by atoms with E-state index in [9.17, 15) is 4.79 Å². The van der Waals surface area contributed by atoms with E-state index >= 15 is 0 Å². The van der Waals surface area contributed by atoms with Crippen molar-refractivity contribution in [2.75, 3.05) is 0 Å². The minimum atomic E-state index is -0.152. The van der Waals surface area contributed by atoms with Crippen LogP contribution in [0.2, 0.25) is 5.02 Å². The number of hydrogen-bond acceptors (Lipinski definition) is 7. The number of carbonyl (C=O) groups excluding carboxylic acids is 1. The van der Waals surface area contributed by atoms with Gasteiger partial charge < -0.3 is 13.7 Å². The van der Waals surface area contributed by atoms with Gasteiger partial charge in [-0.25, -0.2) is 0 Å². The molecule has 0 bridgehead atoms. The highest BCUT2D eigenvalue weighted by Crippen LogP contribution is 2.33. The first kappa shape index (κ1) is 18.9. The summed E-state index contributed by atoms with van der Waals surface area (Å²) in [6, 6.07) is 14.4. The fraction of sp³-hybridized carbons (Fsp3) is 0.143. The number of benzene rings is 2. The van der Waals surface area contributed by atoms with E-state index in [1.54, 1.807) is 25.1 Å². The van der Waals surface area contributed by atoms with E-state index in [1.165, 1.54) is 6.92 Å². The Bertz CT molecular complexity index is 1170. The molecule has 4 rings (SSSR count). The highest BCUT2D eigenvalue weighted by molar-refractivity contribution is 6.31. The molecule has 0 spiro atoms. The van der Waals surface area contributed by atoms with E-state index in [1.807, 2.05) is 30.3 Å². The van der Waals surface area contributed by atoms with Crippen LogP contribution in [-0.4, -0.2) is 21.1 Å². The zero-order valence-electron chi connectivity index (χ0n) is 15.7. The number of nitrogens with zero attached hydrogens (tertiary/aromatic N) is 3. The van der Waals surface area contributed by atoms with Crippen molar-refractivity contribution in [2.45, 2.75) is 20.5 Å². The van der Waals surface area contributed by atoms with Crippen LogP contribution in [0, 0.1) is 6.92 Å². The van der Waals surface area contributed by atoms with Gasteiger partial charge in [-0.1, -0.05) is 47.1 Å². The van der Waals surface area contributed by atoms with Gasteiger partial charge in [-0.3, -0.25) is 4.79 Å². The topological polar surface area (TPSA) is 91.2 Å². The molecule has 0 aliphatic carbocycles. The molecule has 0 aliphatic heterocycles. The lowest BCUT2D eigenvalue weighted by Gasteiger charge is -2.08. The largest absolute Gasteiger partial charge is 0.483 e. The van der Waals surface area contributed by atoms with Crippen LogP contribution < -0.4 is 4.74 Å². The lowest BCUT2D eigenvalue weighted by molar-refractivity contribution is 0.101. The van der Waals surface area contributed by atoms with Crippen LogP contribution in [0.5, 0.6) is 5.75 Å². The molecule has 2 aromatic carbocycles. The third-order valence-corrected chi connectivity index (χ3v) is 4.50. The number of carbonyl (C=O) groups is 1. The van der Waals surface area contributed by atoms with Gasteiger partial charge in [0, 0.05) is 10.6 Å². The Hall–Kier alpha value is -3.45. The number of ether oxygens (including phenoxy) is 1. The van der Waals surface area contributed by atoms with Crippen molar-refractivity contribution in [3.05, 3.63) is 70.8 Å². The number of aryl methyl sites for hydroxylation is 1. The zero-order chi connectivity index (χ0) is 20.4. The van der Waals surface area contributed by atoms with Crippen LogP contribution in [0.1, 0.15) is 28.9 Å². The van der Waals surface area contributed by atoms with E-state index < -0.39 is 0 Å². The van der Waals surface area contributed by atoms with Crippen LogP contribution in [0.25, 0.3) is 22.7 Å². The van der Waals surface area contributed by atoms with Gasteiger partial charge in [-0.05, 0) is 32.0 Å². The summed E-state index contributed by atoms with van der Waals surface area (Å²) in [5, 5.41) is 12.7. The molecule has 0 aliphatic rings. The standard InChI is InChI=1S/C21H16ClN3O4/c1-12(26)16-10-15(22)8-9-17(16)27-11-18-23-24-21(28-18)19-13(2)29-25-20(19)14-6-4-3-5-7-14/h3-10H,11H2,1-2H3. The molecule has 0 radical (unpaired) electrons. The number of ketones is 1. The quantitative estimate of drug-likeness (QED) is 0.407. The lowest BCUT2D eigenvalue weighted by Crippen LogP contribution is -2.02. The normalized spacial score (nSPS) is 10.9. The number of aromatic nitrogens is 3. The number of rotatable bonds is 6. The van der Waals surface area contributed by atoms with Crippen molar-refractivity contribution in [3.8, 4) is 28.5 Å². The van der Waals surface area contributed by atoms with Gasteiger partial charge in [0.15, 0.2) is 12.4 Å². The van der Waals surface area contributed by atoms with Crippen molar-refractivity contribution in [3.63, 3.8) is 0 Å². The lowest BCUT2D eigenvalue weighted by atomic mass is 10.1. The summed E-state index contributed by atoms with van der Waals surface area (Å²) in [5.74, 6) is 1.35. The Kier molecular flexibility index (Phi) is 5.14. The molecular formula is C21H16ClN3O4. The Balaban J connectivity index is 1.58. The van der Waals surface area contributed by atoms with Crippen molar-refractivity contribution >= 4 is 17.4 Å². The number of hydrogen-bond donors (Lipinski definition) is 0. The first-order valence-electron chi connectivity index (χ1n) is 8.80. The average molecular weight is 410 g/mol. The third kappa shape index (κ3) is 3.90. The van der Waals surface area contributed by atoms with Gasteiger partial charge in [-0.2, -0.15) is 0 Å². The predicted octanol–water partition coefficient (Wildman–Crippen LogP) is 5.14. The molecule has 2 heterocycles. The average Bonchev–Trinajstić information content (AvgIpc) is 3.33. The first-order valence-corrected chi connectivity index (χ1v) is 9.18. The van der Waals surface area contributed by atoms with Crippen molar-refractivity contribution in [1.29, 1.82) is 0 Å². The molecule has 8 heteroatoms. The second kappa shape index (κ2) is 7.89. The Morgan fingerprint density at radius 2 is 1.93 bits per heavy atom. The summed E-state index contributed by atoms with van der Waals surface area (Å²) in [6.45, 7) is 3.23. The van der Waals surface area contributed by atoms with Crippen molar-refractivity contribution in [2.24, 2.45) is 0 Å². The van der Waals surface area contributed by atoms with Gasteiger partial charge in [0.1, 0.15) is 22.8 Å². The molecule has 29 heavy (non-hydrogen) atoms. The van der Waals surface area contributed by atoms with Crippen molar-refractivity contribution in [1.82, 2.24) is 15.4 Å². The SMILES string of the molecule is CC(=O)c1cc(Cl)ccc1OCc1nnc(-c2c(-c3ccccc3)noc2C)o1. The third-order valence-electron chi connectivity index (χ3n) is 4.26. The minimum absolute atomic E-state index is 0.0000890. The predicted molar refractivity (Wildman–Crippen MR) is 106 cm³/mol. The maximum Gasteiger partial charge on any atom is 0.254 e. The summed E-state index contributed by atoms with van der Waals surface area (Å²) >= 11 is 5.96. The fourth-order valence-corrected chi connectivity index (χ4v) is 3.04. The number of halogens is 1. The smallest absolute Gasteiger partial charge is 0.254 e. The van der Waals surface area contributed by atoms with E-state index in [4.69, 9.17) is 25.3 Å². The number of Topliss-reactive ketones (excluding diaryl/α,β-unsaturated/α-hetero) is 1. The van der Waals surface area contributed by atoms with Gasteiger partial charge in [-0.15, -0.1) is 10.2 Å². The molecule has 0 unspecified atom stereocenters. The highest BCUT2D eigenvalue weighted by Gasteiger charge is 2.22. The molecule has 0 saturated heterocycles. The highest BCUT2D eigenvalue weighted by atomic mass is 35.5. The molecule has 0 amide bonds. The molecule has 0 N–H and O–H groups in total. The molecule has 0 fully saturated rings. The maximum absolute atomic E-state index is 11.8. The van der Waals surface area contributed by atoms with Gasteiger partial charge in [0.25, 0.3) is 11.8 Å². The molecule has 7 nitrogen and oxygen atoms in total. The summed E-state index contributed by atoms with van der Waals surface area (Å²) in [5.41, 5.74) is 2.52. The molecule has 146 valence electrons. The minimum Gasteiger partial charge on any atom is -0.483 e. The second-order valence-electron chi connectivity index (χ2n) is 6.31. The first-order chi connectivity index (χ1) is 14.0. The molecule has 0 saturated carbocycles.